The second-order valence-electron chi connectivity index (χ2n) is 5.52. The van der Waals surface area contributed by atoms with Crippen LogP contribution in [-0.2, 0) is 12.8 Å². The molecule has 0 fully saturated rings. The van der Waals surface area contributed by atoms with E-state index < -0.39 is 0 Å². The summed E-state index contributed by atoms with van der Waals surface area (Å²) in [5, 5.41) is 10.5. The van der Waals surface area contributed by atoms with Gasteiger partial charge in [0, 0.05) is 29.6 Å². The van der Waals surface area contributed by atoms with Gasteiger partial charge in [0.15, 0.2) is 0 Å². The van der Waals surface area contributed by atoms with Crippen LogP contribution in [0.2, 0.25) is 0 Å². The van der Waals surface area contributed by atoms with Gasteiger partial charge in [-0.1, -0.05) is 13.0 Å². The first-order valence-electron chi connectivity index (χ1n) is 7.48. The Bertz CT molecular complexity index is 488. The Labute approximate surface area is 126 Å². The van der Waals surface area contributed by atoms with E-state index in [4.69, 9.17) is 0 Å². The van der Waals surface area contributed by atoms with E-state index in [-0.39, 0.29) is 0 Å². The van der Waals surface area contributed by atoms with Crippen LogP contribution in [0.15, 0.2) is 29.8 Å². The summed E-state index contributed by atoms with van der Waals surface area (Å²) in [6.07, 6.45) is 5.34. The van der Waals surface area contributed by atoms with Crippen LogP contribution in [0.25, 0.3) is 0 Å². The van der Waals surface area contributed by atoms with Gasteiger partial charge in [0.25, 0.3) is 0 Å². The maximum atomic E-state index is 4.67. The van der Waals surface area contributed by atoms with E-state index >= 15 is 0 Å². The zero-order chi connectivity index (χ0) is 14.4. The molecule has 0 aliphatic heterocycles. The minimum absolute atomic E-state index is 0.433. The highest BCUT2D eigenvalue weighted by molar-refractivity contribution is 7.09. The molecule has 0 radical (unpaired) electrons. The minimum Gasteiger partial charge on any atom is -0.313 e. The standard InChI is InChI=1S/C16H25N3S/c1-4-8-17-15(12-16-6-5-10-20-16)11-14-7-9-19(18-14)13(2)3/h5-7,9-10,13,15,17H,4,8,11-12H2,1-3H3. The molecular formula is C16H25N3S. The van der Waals surface area contributed by atoms with Gasteiger partial charge in [-0.05, 0) is 50.7 Å². The Kier molecular flexibility index (Phi) is 5.80. The smallest absolute Gasteiger partial charge is 0.0640 e. The molecule has 0 bridgehead atoms. The van der Waals surface area contributed by atoms with Crippen molar-refractivity contribution in [1.82, 2.24) is 15.1 Å². The summed E-state index contributed by atoms with van der Waals surface area (Å²) < 4.78 is 2.04. The molecule has 0 aliphatic carbocycles. The van der Waals surface area contributed by atoms with Gasteiger partial charge in [-0.2, -0.15) is 5.10 Å². The Morgan fingerprint density at radius 3 is 2.75 bits per heavy atom. The van der Waals surface area contributed by atoms with Gasteiger partial charge in [-0.15, -0.1) is 11.3 Å². The lowest BCUT2D eigenvalue weighted by atomic mass is 10.1. The number of hydrogen-bond acceptors (Lipinski definition) is 3. The fourth-order valence-electron chi connectivity index (χ4n) is 2.26. The summed E-state index contributed by atoms with van der Waals surface area (Å²) in [5.41, 5.74) is 1.18. The van der Waals surface area contributed by atoms with E-state index in [1.165, 1.54) is 17.0 Å². The van der Waals surface area contributed by atoms with E-state index in [9.17, 15) is 0 Å². The molecule has 1 N–H and O–H groups in total. The Morgan fingerprint density at radius 1 is 1.30 bits per heavy atom. The molecule has 2 heterocycles. The third kappa shape index (κ3) is 4.46. The molecule has 4 heteroatoms. The first-order valence-corrected chi connectivity index (χ1v) is 8.36. The molecule has 0 aromatic carbocycles. The van der Waals surface area contributed by atoms with Crippen molar-refractivity contribution in [3.63, 3.8) is 0 Å². The van der Waals surface area contributed by atoms with Crippen molar-refractivity contribution in [3.8, 4) is 0 Å². The van der Waals surface area contributed by atoms with Gasteiger partial charge in [-0.3, -0.25) is 4.68 Å². The average Bonchev–Trinajstić information content (AvgIpc) is 3.07. The first kappa shape index (κ1) is 15.3. The van der Waals surface area contributed by atoms with Crippen molar-refractivity contribution in [2.45, 2.75) is 52.1 Å². The fourth-order valence-corrected chi connectivity index (χ4v) is 3.05. The third-order valence-corrected chi connectivity index (χ3v) is 4.26. The largest absolute Gasteiger partial charge is 0.313 e. The van der Waals surface area contributed by atoms with E-state index in [2.05, 4.69) is 61.0 Å². The molecule has 110 valence electrons. The summed E-state index contributed by atoms with van der Waals surface area (Å²) in [7, 11) is 0. The van der Waals surface area contributed by atoms with E-state index in [0.717, 1.165) is 19.4 Å². The maximum Gasteiger partial charge on any atom is 0.0640 e. The molecule has 0 spiro atoms. The SMILES string of the molecule is CCCNC(Cc1ccn(C(C)C)n1)Cc1cccs1. The lowest BCUT2D eigenvalue weighted by Crippen LogP contribution is -2.33. The number of aromatic nitrogens is 2. The van der Waals surface area contributed by atoms with Gasteiger partial charge < -0.3 is 5.32 Å². The fraction of sp³-hybridized carbons (Fsp3) is 0.562. The minimum atomic E-state index is 0.433. The molecule has 0 saturated heterocycles. The maximum absolute atomic E-state index is 4.67. The molecule has 1 atom stereocenters. The van der Waals surface area contributed by atoms with Crippen LogP contribution in [0, 0.1) is 0 Å². The second-order valence-corrected chi connectivity index (χ2v) is 6.55. The molecule has 3 nitrogen and oxygen atoms in total. The molecule has 0 aliphatic rings. The monoisotopic (exact) mass is 291 g/mol. The quantitative estimate of drug-likeness (QED) is 0.804. The molecule has 2 aromatic rings. The van der Waals surface area contributed by atoms with E-state index in [1.54, 1.807) is 0 Å². The highest BCUT2D eigenvalue weighted by atomic mass is 32.1. The third-order valence-electron chi connectivity index (χ3n) is 3.36. The summed E-state index contributed by atoms with van der Waals surface area (Å²) in [4.78, 5) is 1.45. The van der Waals surface area contributed by atoms with Crippen LogP contribution in [0.5, 0.6) is 0 Å². The highest BCUT2D eigenvalue weighted by Gasteiger charge is 2.13. The molecule has 0 saturated carbocycles. The van der Waals surface area contributed by atoms with Crippen LogP contribution in [-0.4, -0.2) is 22.4 Å². The zero-order valence-corrected chi connectivity index (χ0v) is 13.5. The molecular weight excluding hydrogens is 266 g/mol. The van der Waals surface area contributed by atoms with Crippen molar-refractivity contribution < 1.29 is 0 Å². The zero-order valence-electron chi connectivity index (χ0n) is 12.7. The van der Waals surface area contributed by atoms with Crippen LogP contribution >= 0.6 is 11.3 Å². The Balaban J connectivity index is 1.98. The number of thiophene rings is 1. The van der Waals surface area contributed by atoms with Crippen molar-refractivity contribution in [3.05, 3.63) is 40.3 Å². The second kappa shape index (κ2) is 7.60. The van der Waals surface area contributed by atoms with Crippen LogP contribution < -0.4 is 5.32 Å². The summed E-state index contributed by atoms with van der Waals surface area (Å²) in [6.45, 7) is 7.61. The summed E-state index contributed by atoms with van der Waals surface area (Å²) in [5.74, 6) is 0. The van der Waals surface area contributed by atoms with Gasteiger partial charge in [-0.25, -0.2) is 0 Å². The lowest BCUT2D eigenvalue weighted by Gasteiger charge is -2.16. The molecule has 2 aromatic heterocycles. The van der Waals surface area contributed by atoms with Gasteiger partial charge in [0.1, 0.15) is 0 Å². The highest BCUT2D eigenvalue weighted by Crippen LogP contribution is 2.14. The number of hydrogen-bond donors (Lipinski definition) is 1. The predicted octanol–water partition coefficient (Wildman–Crippen LogP) is 3.68. The van der Waals surface area contributed by atoms with Crippen molar-refractivity contribution in [2.75, 3.05) is 6.54 Å². The van der Waals surface area contributed by atoms with Gasteiger partial charge >= 0.3 is 0 Å². The van der Waals surface area contributed by atoms with E-state index in [1.807, 2.05) is 16.0 Å². The van der Waals surface area contributed by atoms with Crippen molar-refractivity contribution >= 4 is 11.3 Å². The van der Waals surface area contributed by atoms with Crippen LogP contribution in [0.3, 0.4) is 0 Å². The number of rotatable bonds is 8. The molecule has 20 heavy (non-hydrogen) atoms. The Hall–Kier alpha value is -1.13. The number of nitrogens with zero attached hydrogens (tertiary/aromatic N) is 2. The van der Waals surface area contributed by atoms with E-state index in [0.29, 0.717) is 12.1 Å². The molecule has 1 unspecified atom stereocenters. The van der Waals surface area contributed by atoms with Crippen LogP contribution in [0.1, 0.15) is 43.8 Å². The summed E-state index contributed by atoms with van der Waals surface area (Å²) in [6, 6.07) is 7.41. The number of nitrogens with one attached hydrogen (secondary N) is 1. The van der Waals surface area contributed by atoms with Crippen molar-refractivity contribution in [2.24, 2.45) is 0 Å². The van der Waals surface area contributed by atoms with Gasteiger partial charge in [0.2, 0.25) is 0 Å². The molecule has 0 amide bonds. The van der Waals surface area contributed by atoms with Gasteiger partial charge in [0.05, 0.1) is 5.69 Å². The predicted molar refractivity (Wildman–Crippen MR) is 86.4 cm³/mol. The lowest BCUT2D eigenvalue weighted by molar-refractivity contribution is 0.487. The topological polar surface area (TPSA) is 29.9 Å². The van der Waals surface area contributed by atoms with Crippen molar-refractivity contribution in [1.29, 1.82) is 0 Å². The summed E-state index contributed by atoms with van der Waals surface area (Å²) >= 11 is 1.84. The van der Waals surface area contributed by atoms with Crippen LogP contribution in [0.4, 0.5) is 0 Å². The molecule has 2 rings (SSSR count). The average molecular weight is 291 g/mol. The Morgan fingerprint density at radius 2 is 2.15 bits per heavy atom. The first-order chi connectivity index (χ1) is 9.69. The normalized spacial score (nSPS) is 13.0.